The summed E-state index contributed by atoms with van der Waals surface area (Å²) in [5.74, 6) is 0.384. The summed E-state index contributed by atoms with van der Waals surface area (Å²) in [6.45, 7) is 3.50. The molecule has 0 aromatic heterocycles. The van der Waals surface area contributed by atoms with Crippen molar-refractivity contribution in [2.24, 2.45) is 5.92 Å². The number of nitrogens with zero attached hydrogens (tertiary/aromatic N) is 1. The van der Waals surface area contributed by atoms with Crippen molar-refractivity contribution < 1.29 is 13.2 Å². The van der Waals surface area contributed by atoms with E-state index in [1.165, 1.54) is 17.4 Å². The third kappa shape index (κ3) is 4.85. The van der Waals surface area contributed by atoms with Crippen LogP contribution in [-0.2, 0) is 22.0 Å². The molecule has 1 saturated heterocycles. The van der Waals surface area contributed by atoms with Gasteiger partial charge in [0.15, 0.2) is 9.84 Å². The lowest BCUT2D eigenvalue weighted by atomic mass is 9.92. The standard InChI is InChI=1S/C20H24N2O3S/c1-15-7-9-16(10-8-15)11-17-12-22(13-17)20(23)21-19-6-4-3-5-18(19)14-26(2,24)25/h3-10,17H,11-14H2,1-2H3,(H,21,23). The van der Waals surface area contributed by atoms with E-state index in [4.69, 9.17) is 0 Å². The number of rotatable bonds is 5. The van der Waals surface area contributed by atoms with Crippen LogP contribution in [0.1, 0.15) is 16.7 Å². The number of carbonyl (C=O) groups is 1. The predicted octanol–water partition coefficient (Wildman–Crippen LogP) is 3.25. The van der Waals surface area contributed by atoms with Crippen LogP contribution in [0.5, 0.6) is 0 Å². The summed E-state index contributed by atoms with van der Waals surface area (Å²) in [5, 5.41) is 2.85. The van der Waals surface area contributed by atoms with E-state index in [0.717, 1.165) is 6.42 Å². The first-order valence-electron chi connectivity index (χ1n) is 8.67. The van der Waals surface area contributed by atoms with E-state index >= 15 is 0 Å². The molecule has 1 aliphatic heterocycles. The van der Waals surface area contributed by atoms with Gasteiger partial charge in [-0.05, 0) is 36.5 Å². The average molecular weight is 372 g/mol. The molecule has 1 aliphatic rings. The maximum atomic E-state index is 12.4. The van der Waals surface area contributed by atoms with Crippen molar-refractivity contribution in [1.82, 2.24) is 4.90 Å². The Kier molecular flexibility index (Phi) is 5.32. The Hall–Kier alpha value is -2.34. The number of anilines is 1. The Bertz CT molecular complexity index is 886. The van der Waals surface area contributed by atoms with Crippen LogP contribution in [0.4, 0.5) is 10.5 Å². The number of likely N-dealkylation sites (tertiary alicyclic amines) is 1. The molecule has 1 N–H and O–H groups in total. The van der Waals surface area contributed by atoms with Gasteiger partial charge in [-0.2, -0.15) is 0 Å². The number of aryl methyl sites for hydroxylation is 1. The first kappa shape index (κ1) is 18.5. The maximum Gasteiger partial charge on any atom is 0.321 e. The van der Waals surface area contributed by atoms with Gasteiger partial charge < -0.3 is 10.2 Å². The van der Waals surface area contributed by atoms with Crippen molar-refractivity contribution in [2.45, 2.75) is 19.1 Å². The van der Waals surface area contributed by atoms with Crippen LogP contribution in [0.15, 0.2) is 48.5 Å². The summed E-state index contributed by atoms with van der Waals surface area (Å²) in [5.41, 5.74) is 3.71. The molecular weight excluding hydrogens is 348 g/mol. The highest BCUT2D eigenvalue weighted by Gasteiger charge is 2.30. The van der Waals surface area contributed by atoms with Gasteiger partial charge in [0.05, 0.1) is 5.75 Å². The largest absolute Gasteiger partial charge is 0.324 e. The number of nitrogens with one attached hydrogen (secondary N) is 1. The lowest BCUT2D eigenvalue weighted by Crippen LogP contribution is -2.52. The van der Waals surface area contributed by atoms with E-state index in [0.29, 0.717) is 30.3 Å². The number of urea groups is 1. The first-order valence-corrected chi connectivity index (χ1v) is 10.7. The minimum absolute atomic E-state index is 0.0838. The minimum Gasteiger partial charge on any atom is -0.324 e. The van der Waals surface area contributed by atoms with Crippen LogP contribution in [0.25, 0.3) is 0 Å². The summed E-state index contributed by atoms with van der Waals surface area (Å²) in [4.78, 5) is 14.2. The number of hydrogen-bond acceptors (Lipinski definition) is 3. The van der Waals surface area contributed by atoms with Crippen LogP contribution in [0.3, 0.4) is 0 Å². The molecule has 0 unspecified atom stereocenters. The average Bonchev–Trinajstić information content (AvgIpc) is 2.52. The maximum absolute atomic E-state index is 12.4. The Morgan fingerprint density at radius 1 is 1.12 bits per heavy atom. The SMILES string of the molecule is Cc1ccc(CC2CN(C(=O)Nc3ccccc3CS(C)(=O)=O)C2)cc1. The zero-order chi connectivity index (χ0) is 18.7. The van der Waals surface area contributed by atoms with Crippen molar-refractivity contribution in [3.05, 3.63) is 65.2 Å². The summed E-state index contributed by atoms with van der Waals surface area (Å²) < 4.78 is 23.1. The Morgan fingerprint density at radius 3 is 2.42 bits per heavy atom. The Balaban J connectivity index is 1.55. The van der Waals surface area contributed by atoms with Gasteiger partial charge in [-0.25, -0.2) is 13.2 Å². The van der Waals surface area contributed by atoms with Gasteiger partial charge in [0, 0.05) is 25.0 Å². The van der Waals surface area contributed by atoms with E-state index in [1.54, 1.807) is 29.2 Å². The zero-order valence-corrected chi connectivity index (χ0v) is 15.9. The molecule has 3 rings (SSSR count). The van der Waals surface area contributed by atoms with Crippen LogP contribution in [-0.4, -0.2) is 38.7 Å². The molecule has 1 fully saturated rings. The second-order valence-corrected chi connectivity index (χ2v) is 9.26. The number of amides is 2. The monoisotopic (exact) mass is 372 g/mol. The molecule has 5 nitrogen and oxygen atoms in total. The van der Waals surface area contributed by atoms with Crippen molar-refractivity contribution in [3.63, 3.8) is 0 Å². The minimum atomic E-state index is -3.16. The number of hydrogen-bond donors (Lipinski definition) is 1. The fraction of sp³-hybridized carbons (Fsp3) is 0.350. The lowest BCUT2D eigenvalue weighted by Gasteiger charge is -2.39. The van der Waals surface area contributed by atoms with E-state index in [1.807, 2.05) is 0 Å². The summed E-state index contributed by atoms with van der Waals surface area (Å²) in [6, 6.07) is 15.4. The number of sulfone groups is 1. The van der Waals surface area contributed by atoms with Gasteiger partial charge in [0.25, 0.3) is 0 Å². The van der Waals surface area contributed by atoms with Crippen LogP contribution in [0.2, 0.25) is 0 Å². The van der Waals surface area contributed by atoms with Gasteiger partial charge in [0.2, 0.25) is 0 Å². The summed E-state index contributed by atoms with van der Waals surface area (Å²) in [6.07, 6.45) is 2.16. The van der Waals surface area contributed by atoms with E-state index in [-0.39, 0.29) is 11.8 Å². The smallest absolute Gasteiger partial charge is 0.321 e. The summed E-state index contributed by atoms with van der Waals surface area (Å²) in [7, 11) is -3.16. The summed E-state index contributed by atoms with van der Waals surface area (Å²) >= 11 is 0. The molecule has 2 aromatic rings. The number of carbonyl (C=O) groups excluding carboxylic acids is 1. The van der Waals surface area contributed by atoms with Gasteiger partial charge >= 0.3 is 6.03 Å². The molecule has 0 atom stereocenters. The zero-order valence-electron chi connectivity index (χ0n) is 15.1. The second kappa shape index (κ2) is 7.50. The van der Waals surface area contributed by atoms with Gasteiger partial charge in [-0.1, -0.05) is 48.0 Å². The lowest BCUT2D eigenvalue weighted by molar-refractivity contribution is 0.131. The van der Waals surface area contributed by atoms with Gasteiger partial charge in [-0.3, -0.25) is 0 Å². The van der Waals surface area contributed by atoms with Crippen LogP contribution in [0, 0.1) is 12.8 Å². The first-order chi connectivity index (χ1) is 12.3. The highest BCUT2D eigenvalue weighted by molar-refractivity contribution is 7.89. The number of para-hydroxylation sites is 1. The molecule has 0 aliphatic carbocycles. The highest BCUT2D eigenvalue weighted by Crippen LogP contribution is 2.23. The number of benzene rings is 2. The predicted molar refractivity (Wildman–Crippen MR) is 104 cm³/mol. The molecule has 138 valence electrons. The van der Waals surface area contributed by atoms with Crippen molar-refractivity contribution in [2.75, 3.05) is 24.7 Å². The molecule has 2 amide bonds. The van der Waals surface area contributed by atoms with Crippen LogP contribution >= 0.6 is 0 Å². The molecule has 0 bridgehead atoms. The van der Waals surface area contributed by atoms with Crippen molar-refractivity contribution >= 4 is 21.6 Å². The quantitative estimate of drug-likeness (QED) is 0.876. The van der Waals surface area contributed by atoms with Crippen LogP contribution < -0.4 is 5.32 Å². The van der Waals surface area contributed by atoms with Gasteiger partial charge in [-0.15, -0.1) is 0 Å². The van der Waals surface area contributed by atoms with E-state index in [9.17, 15) is 13.2 Å². The van der Waals surface area contributed by atoms with E-state index in [2.05, 4.69) is 36.5 Å². The molecule has 0 radical (unpaired) electrons. The Morgan fingerprint density at radius 2 is 1.77 bits per heavy atom. The fourth-order valence-corrected chi connectivity index (χ4v) is 3.98. The third-order valence-corrected chi connectivity index (χ3v) is 5.40. The van der Waals surface area contributed by atoms with Gasteiger partial charge in [0.1, 0.15) is 0 Å². The third-order valence-electron chi connectivity index (χ3n) is 4.57. The normalized spacial score (nSPS) is 14.8. The molecule has 1 heterocycles. The molecule has 2 aromatic carbocycles. The Labute approximate surface area is 154 Å². The van der Waals surface area contributed by atoms with E-state index < -0.39 is 9.84 Å². The molecule has 6 heteroatoms. The highest BCUT2D eigenvalue weighted by atomic mass is 32.2. The molecule has 0 spiro atoms. The molecular formula is C20H24N2O3S. The molecule has 0 saturated carbocycles. The molecule has 26 heavy (non-hydrogen) atoms. The van der Waals surface area contributed by atoms with Crippen molar-refractivity contribution in [3.8, 4) is 0 Å². The second-order valence-electron chi connectivity index (χ2n) is 7.12. The topological polar surface area (TPSA) is 66.5 Å². The van der Waals surface area contributed by atoms with Crippen molar-refractivity contribution in [1.29, 1.82) is 0 Å². The fourth-order valence-electron chi connectivity index (χ4n) is 3.17.